The van der Waals surface area contributed by atoms with Crippen molar-refractivity contribution >= 4 is 11.8 Å². The number of benzene rings is 2. The van der Waals surface area contributed by atoms with Crippen molar-refractivity contribution in [2.45, 2.75) is 76.0 Å². The van der Waals surface area contributed by atoms with Gasteiger partial charge in [-0.3, -0.25) is 4.79 Å². The van der Waals surface area contributed by atoms with Gasteiger partial charge >= 0.3 is 12.1 Å². The van der Waals surface area contributed by atoms with Gasteiger partial charge in [-0.25, -0.2) is 4.79 Å². The highest BCUT2D eigenvalue weighted by molar-refractivity contribution is 6.04. The van der Waals surface area contributed by atoms with Gasteiger partial charge < -0.3 is 15.2 Å². The van der Waals surface area contributed by atoms with Crippen molar-refractivity contribution in [3.63, 3.8) is 0 Å². The number of dihydropyridines is 1. The van der Waals surface area contributed by atoms with Crippen LogP contribution >= 0.6 is 0 Å². The van der Waals surface area contributed by atoms with Crippen molar-refractivity contribution < 1.29 is 32.6 Å². The summed E-state index contributed by atoms with van der Waals surface area (Å²) in [6.45, 7) is 1.91. The Morgan fingerprint density at radius 3 is 2.39 bits per heavy atom. The van der Waals surface area contributed by atoms with Crippen molar-refractivity contribution in [2.75, 3.05) is 0 Å². The maximum absolute atomic E-state index is 13.7. The minimum Gasteiger partial charge on any atom is -0.508 e. The highest BCUT2D eigenvalue weighted by Gasteiger charge is 2.42. The van der Waals surface area contributed by atoms with Crippen LogP contribution in [0, 0.1) is 0 Å². The van der Waals surface area contributed by atoms with E-state index in [1.165, 1.54) is 18.2 Å². The van der Waals surface area contributed by atoms with E-state index in [0.29, 0.717) is 46.5 Å². The number of Topliss-reactive ketones (excluding diaryl/α,β-unsaturated/α-hetero) is 1. The maximum atomic E-state index is 13.7. The van der Waals surface area contributed by atoms with E-state index >= 15 is 0 Å². The topological polar surface area (TPSA) is 75.6 Å². The third-order valence-electron chi connectivity index (χ3n) is 7.77. The van der Waals surface area contributed by atoms with Crippen LogP contribution in [-0.2, 0) is 20.5 Å². The van der Waals surface area contributed by atoms with Crippen LogP contribution in [0.5, 0.6) is 5.75 Å². The highest BCUT2D eigenvalue weighted by Crippen LogP contribution is 2.47. The fourth-order valence-electron chi connectivity index (χ4n) is 5.91. The third-order valence-corrected chi connectivity index (χ3v) is 7.77. The maximum Gasteiger partial charge on any atom is 0.416 e. The van der Waals surface area contributed by atoms with E-state index in [1.807, 2.05) is 6.92 Å². The quantitative estimate of drug-likeness (QED) is 0.428. The molecule has 200 valence electrons. The molecule has 1 saturated carbocycles. The van der Waals surface area contributed by atoms with Gasteiger partial charge in [-0.1, -0.05) is 31.2 Å². The Kier molecular flexibility index (Phi) is 7.07. The molecule has 2 unspecified atom stereocenters. The van der Waals surface area contributed by atoms with Gasteiger partial charge in [0.15, 0.2) is 5.78 Å². The Labute approximate surface area is 219 Å². The number of halogens is 3. The summed E-state index contributed by atoms with van der Waals surface area (Å²) in [5.41, 5.74) is 2.69. The number of carbonyl (C=O) groups excluding carboxylic acids is 2. The summed E-state index contributed by atoms with van der Waals surface area (Å²) in [5.74, 6) is -1.62. The van der Waals surface area contributed by atoms with E-state index in [2.05, 4.69) is 5.32 Å². The molecule has 5 rings (SSSR count). The van der Waals surface area contributed by atoms with Gasteiger partial charge in [-0.2, -0.15) is 13.2 Å². The molecule has 0 spiro atoms. The summed E-state index contributed by atoms with van der Waals surface area (Å²) >= 11 is 0. The van der Waals surface area contributed by atoms with Crippen molar-refractivity contribution in [3.8, 4) is 5.75 Å². The monoisotopic (exact) mass is 525 g/mol. The van der Waals surface area contributed by atoms with Gasteiger partial charge in [-0.05, 0) is 79.8 Å². The van der Waals surface area contributed by atoms with Gasteiger partial charge in [0, 0.05) is 29.3 Å². The Hall–Kier alpha value is -3.55. The summed E-state index contributed by atoms with van der Waals surface area (Å²) in [4.78, 5) is 27.3. The molecule has 0 aromatic heterocycles. The second-order valence-corrected chi connectivity index (χ2v) is 10.3. The van der Waals surface area contributed by atoms with Crippen molar-refractivity contribution in [1.29, 1.82) is 0 Å². The SMILES string of the molecule is CCC1=C(C(=O)OC2CCCC2)C(c2cccc(O)c2)C2=C(CC(c3ccc(C(F)(F)F)cc3)CC2=O)N1. The van der Waals surface area contributed by atoms with E-state index in [0.717, 1.165) is 37.8 Å². The summed E-state index contributed by atoms with van der Waals surface area (Å²) in [6, 6.07) is 11.5. The average Bonchev–Trinajstić information content (AvgIpc) is 3.40. The minimum absolute atomic E-state index is 0.0237. The fourth-order valence-corrected chi connectivity index (χ4v) is 5.91. The van der Waals surface area contributed by atoms with Crippen molar-refractivity contribution in [1.82, 2.24) is 5.32 Å². The Balaban J connectivity index is 1.53. The number of nitrogens with one attached hydrogen (secondary N) is 1. The molecule has 0 bridgehead atoms. The molecule has 38 heavy (non-hydrogen) atoms. The number of alkyl halides is 3. The van der Waals surface area contributed by atoms with E-state index in [4.69, 9.17) is 4.74 Å². The predicted molar refractivity (Wildman–Crippen MR) is 135 cm³/mol. The molecular weight excluding hydrogens is 495 g/mol. The van der Waals surface area contributed by atoms with Crippen LogP contribution in [0.15, 0.2) is 71.1 Å². The van der Waals surface area contributed by atoms with E-state index in [9.17, 15) is 27.9 Å². The van der Waals surface area contributed by atoms with Gasteiger partial charge in [0.2, 0.25) is 0 Å². The standard InChI is InChI=1S/C30H30F3NO4/c1-2-23-28(29(37)38-22-8-3-4-9-22)26(18-6-5-7-21(35)14-18)27-24(34-23)15-19(16-25(27)36)17-10-12-20(13-11-17)30(31,32)33/h5-7,10-14,19,22,26,34-35H,2-4,8-9,15-16H2,1H3. The number of phenolic OH excluding ortho intramolecular Hbond substituents is 1. The second-order valence-electron chi connectivity index (χ2n) is 10.3. The zero-order valence-electron chi connectivity index (χ0n) is 21.1. The Morgan fingerprint density at radius 2 is 1.76 bits per heavy atom. The summed E-state index contributed by atoms with van der Waals surface area (Å²) in [5, 5.41) is 13.6. The van der Waals surface area contributed by atoms with E-state index in [-0.39, 0.29) is 30.0 Å². The molecule has 5 nitrogen and oxygen atoms in total. The molecule has 2 aromatic carbocycles. The molecule has 0 radical (unpaired) electrons. The average molecular weight is 526 g/mol. The van der Waals surface area contributed by atoms with Gasteiger partial charge in [0.1, 0.15) is 11.9 Å². The number of phenols is 1. The lowest BCUT2D eigenvalue weighted by Gasteiger charge is -2.37. The zero-order valence-corrected chi connectivity index (χ0v) is 21.1. The van der Waals surface area contributed by atoms with Crippen molar-refractivity contribution in [3.05, 3.63) is 87.8 Å². The second kappa shape index (κ2) is 10.3. The number of ketones is 1. The van der Waals surface area contributed by atoms with Crippen molar-refractivity contribution in [2.24, 2.45) is 0 Å². The van der Waals surface area contributed by atoms with Crippen LogP contribution in [0.2, 0.25) is 0 Å². The number of ether oxygens (including phenoxy) is 1. The number of allylic oxidation sites excluding steroid dienone is 3. The molecule has 2 aliphatic carbocycles. The molecule has 1 aliphatic heterocycles. The molecule has 0 saturated heterocycles. The smallest absolute Gasteiger partial charge is 0.416 e. The minimum atomic E-state index is -4.43. The summed E-state index contributed by atoms with van der Waals surface area (Å²) in [7, 11) is 0. The van der Waals surface area contributed by atoms with Crippen LogP contribution in [0.1, 0.15) is 80.4 Å². The van der Waals surface area contributed by atoms with Gasteiger partial charge in [0.25, 0.3) is 0 Å². The molecule has 1 heterocycles. The number of carbonyl (C=O) groups is 2. The molecule has 2 atom stereocenters. The lowest BCUT2D eigenvalue weighted by molar-refractivity contribution is -0.144. The highest BCUT2D eigenvalue weighted by atomic mass is 19.4. The third kappa shape index (κ3) is 5.08. The fraction of sp³-hybridized carbons (Fsp3) is 0.400. The van der Waals surface area contributed by atoms with Gasteiger partial charge in [0.05, 0.1) is 11.1 Å². The van der Waals surface area contributed by atoms with Crippen LogP contribution in [-0.4, -0.2) is 23.0 Å². The molecule has 1 fully saturated rings. The first-order chi connectivity index (χ1) is 18.2. The summed E-state index contributed by atoms with van der Waals surface area (Å²) in [6.07, 6.45) is 0.0542. The first-order valence-electron chi connectivity index (χ1n) is 13.1. The zero-order chi connectivity index (χ0) is 27.0. The normalized spacial score (nSPS) is 22.4. The van der Waals surface area contributed by atoms with E-state index in [1.54, 1.807) is 18.2 Å². The molecule has 2 aromatic rings. The van der Waals surface area contributed by atoms with Crippen LogP contribution < -0.4 is 5.32 Å². The number of hydrogen-bond acceptors (Lipinski definition) is 5. The van der Waals surface area contributed by atoms with Gasteiger partial charge in [-0.15, -0.1) is 0 Å². The summed E-state index contributed by atoms with van der Waals surface area (Å²) < 4.78 is 45.1. The number of aromatic hydroxyl groups is 1. The molecule has 3 aliphatic rings. The first-order valence-corrected chi connectivity index (χ1v) is 13.1. The van der Waals surface area contributed by atoms with Crippen LogP contribution in [0.3, 0.4) is 0 Å². The Morgan fingerprint density at radius 1 is 1.05 bits per heavy atom. The molecule has 0 amide bonds. The Bertz CT molecular complexity index is 1300. The molecule has 8 heteroatoms. The predicted octanol–water partition coefficient (Wildman–Crippen LogP) is 6.65. The van der Waals surface area contributed by atoms with Crippen LogP contribution in [0.25, 0.3) is 0 Å². The number of rotatable bonds is 5. The van der Waals surface area contributed by atoms with Crippen LogP contribution in [0.4, 0.5) is 13.2 Å². The largest absolute Gasteiger partial charge is 0.508 e. The molecular formula is C30H30F3NO4. The number of hydrogen-bond donors (Lipinski definition) is 2. The lowest BCUT2D eigenvalue weighted by atomic mass is 9.71. The molecule has 2 N–H and O–H groups in total. The van der Waals surface area contributed by atoms with E-state index < -0.39 is 23.6 Å². The first kappa shape index (κ1) is 26.1. The lowest BCUT2D eigenvalue weighted by Crippen LogP contribution is -2.37. The number of esters is 1.